The molecule has 0 aliphatic heterocycles. The van der Waals surface area contributed by atoms with Crippen molar-refractivity contribution in [2.24, 2.45) is 0 Å². The Morgan fingerprint density at radius 3 is 2.50 bits per heavy atom. The third-order valence-electron chi connectivity index (χ3n) is 0.333. The van der Waals surface area contributed by atoms with Crippen LogP contribution < -0.4 is 0 Å². The smallest absolute Gasteiger partial charge is 0.0295 e. The van der Waals surface area contributed by atoms with E-state index < -0.39 is 0 Å². The van der Waals surface area contributed by atoms with Gasteiger partial charge in [-0.3, -0.25) is 0 Å². The van der Waals surface area contributed by atoms with Crippen LogP contribution in [0.3, 0.4) is 0 Å². The van der Waals surface area contributed by atoms with Gasteiger partial charge in [-0.25, -0.2) is 0 Å². The average molecular weight is 78.1 g/mol. The molecular weight excluding hydrogens is 72.1 g/mol. The van der Waals surface area contributed by atoms with E-state index in [1.54, 1.807) is 6.08 Å². The summed E-state index contributed by atoms with van der Waals surface area (Å²) >= 11 is 0. The summed E-state index contributed by atoms with van der Waals surface area (Å²) < 4.78 is 0. The van der Waals surface area contributed by atoms with Crippen LogP contribution in [-0.4, -0.2) is 0 Å². The summed E-state index contributed by atoms with van der Waals surface area (Å²) in [6.07, 6.45) is 8.12. The van der Waals surface area contributed by atoms with E-state index in [2.05, 4.69) is 11.7 Å². The first-order chi connectivity index (χ1) is 2.91. The SMILES string of the molecule is C#CC=C=CC. The van der Waals surface area contributed by atoms with Gasteiger partial charge in [-0.15, -0.1) is 12.2 Å². The number of terminal acetylenes is 1. The minimum absolute atomic E-state index is 1.53. The quantitative estimate of drug-likeness (QED) is 0.303. The van der Waals surface area contributed by atoms with E-state index in [-0.39, 0.29) is 0 Å². The van der Waals surface area contributed by atoms with Crippen molar-refractivity contribution in [3.8, 4) is 12.3 Å². The molecule has 0 aromatic carbocycles. The van der Waals surface area contributed by atoms with Gasteiger partial charge in [0.1, 0.15) is 0 Å². The zero-order chi connectivity index (χ0) is 4.83. The maximum absolute atomic E-state index is 4.83. The van der Waals surface area contributed by atoms with Crippen molar-refractivity contribution in [2.75, 3.05) is 0 Å². The second-order valence-corrected chi connectivity index (χ2v) is 0.766. The lowest BCUT2D eigenvalue weighted by atomic mass is 10.6. The predicted octanol–water partition coefficient (Wildman–Crippen LogP) is 1.35. The molecule has 0 aromatic rings. The molecule has 0 radical (unpaired) electrons. The predicted molar refractivity (Wildman–Crippen MR) is 27.2 cm³/mol. The molecule has 0 aliphatic rings. The molecule has 0 spiro atoms. The van der Waals surface area contributed by atoms with Crippen molar-refractivity contribution in [2.45, 2.75) is 6.92 Å². The standard InChI is InChI=1S/C6H6/c1-3-5-6-4-2/h1,4-5H,2H3. The van der Waals surface area contributed by atoms with Crippen molar-refractivity contribution in [3.05, 3.63) is 17.9 Å². The van der Waals surface area contributed by atoms with Crippen LogP contribution in [0.5, 0.6) is 0 Å². The molecule has 0 heteroatoms. The largest absolute Gasteiger partial charge is 0.116 e. The second-order valence-electron chi connectivity index (χ2n) is 0.766. The van der Waals surface area contributed by atoms with Crippen molar-refractivity contribution < 1.29 is 0 Å². The summed E-state index contributed by atoms with van der Waals surface area (Å²) in [5.74, 6) is 2.30. The fourth-order valence-electron chi connectivity index (χ4n) is 0.131. The second kappa shape index (κ2) is 4.08. The Balaban J connectivity index is 3.56. The Hall–Kier alpha value is -0.920. The molecule has 0 heterocycles. The maximum atomic E-state index is 4.83. The van der Waals surface area contributed by atoms with Gasteiger partial charge in [0.2, 0.25) is 0 Å². The average Bonchev–Trinajstić information content (AvgIpc) is 1.61. The van der Waals surface area contributed by atoms with Crippen LogP contribution in [0.1, 0.15) is 6.92 Å². The van der Waals surface area contributed by atoms with Gasteiger partial charge in [-0.2, -0.15) is 0 Å². The zero-order valence-corrected chi connectivity index (χ0v) is 3.73. The van der Waals surface area contributed by atoms with E-state index in [0.717, 1.165) is 0 Å². The molecular formula is C6H6. The van der Waals surface area contributed by atoms with E-state index >= 15 is 0 Å². The molecule has 6 heavy (non-hydrogen) atoms. The van der Waals surface area contributed by atoms with Crippen LogP contribution in [0.25, 0.3) is 0 Å². The topological polar surface area (TPSA) is 0 Å². The third kappa shape index (κ3) is 3.08. The Morgan fingerprint density at radius 1 is 1.67 bits per heavy atom. The van der Waals surface area contributed by atoms with Crippen LogP contribution >= 0.6 is 0 Å². The normalized spacial score (nSPS) is 4.67. The van der Waals surface area contributed by atoms with Crippen LogP contribution in [-0.2, 0) is 0 Å². The summed E-state index contributed by atoms with van der Waals surface area (Å²) in [6, 6.07) is 0. The number of hydrogen-bond acceptors (Lipinski definition) is 0. The van der Waals surface area contributed by atoms with E-state index in [9.17, 15) is 0 Å². The highest BCUT2D eigenvalue weighted by Gasteiger charge is 1.41. The van der Waals surface area contributed by atoms with Crippen LogP contribution in [0, 0.1) is 12.3 Å². The summed E-state index contributed by atoms with van der Waals surface area (Å²) in [5, 5.41) is 0. The maximum Gasteiger partial charge on any atom is 0.0295 e. The molecule has 0 saturated heterocycles. The van der Waals surface area contributed by atoms with Gasteiger partial charge < -0.3 is 0 Å². The monoisotopic (exact) mass is 78.0 g/mol. The van der Waals surface area contributed by atoms with Gasteiger partial charge >= 0.3 is 0 Å². The number of allylic oxidation sites excluding steroid dienone is 1. The fourth-order valence-corrected chi connectivity index (χ4v) is 0.131. The molecule has 0 saturated carbocycles. The van der Waals surface area contributed by atoms with Gasteiger partial charge in [-0.05, 0) is 13.0 Å². The Morgan fingerprint density at radius 2 is 2.33 bits per heavy atom. The lowest BCUT2D eigenvalue weighted by molar-refractivity contribution is 1.77. The molecule has 0 N–H and O–H groups in total. The highest BCUT2D eigenvalue weighted by Crippen LogP contribution is 1.58. The summed E-state index contributed by atoms with van der Waals surface area (Å²) in [5.41, 5.74) is 2.71. The van der Waals surface area contributed by atoms with E-state index in [0.29, 0.717) is 0 Å². The van der Waals surface area contributed by atoms with Gasteiger partial charge in [0.25, 0.3) is 0 Å². The lowest BCUT2D eigenvalue weighted by Crippen LogP contribution is -1.33. The number of hydrogen-bond donors (Lipinski definition) is 0. The minimum atomic E-state index is 1.53. The molecule has 0 amide bonds. The summed E-state index contributed by atoms with van der Waals surface area (Å²) in [4.78, 5) is 0. The van der Waals surface area contributed by atoms with Crippen LogP contribution in [0.4, 0.5) is 0 Å². The molecule has 0 aliphatic carbocycles. The van der Waals surface area contributed by atoms with E-state index in [1.165, 1.54) is 6.08 Å². The first kappa shape index (κ1) is 5.08. The zero-order valence-electron chi connectivity index (χ0n) is 3.73. The van der Waals surface area contributed by atoms with Gasteiger partial charge in [0.05, 0.1) is 0 Å². The highest BCUT2D eigenvalue weighted by molar-refractivity contribution is 5.07. The molecule has 0 rings (SSSR count). The number of rotatable bonds is 0. The molecule has 0 nitrogen and oxygen atoms in total. The Kier molecular flexibility index (Phi) is 3.45. The van der Waals surface area contributed by atoms with Gasteiger partial charge in [0.15, 0.2) is 0 Å². The summed E-state index contributed by atoms with van der Waals surface area (Å²) in [6.45, 7) is 1.87. The van der Waals surface area contributed by atoms with Gasteiger partial charge in [0, 0.05) is 6.08 Å². The molecule has 0 fully saturated rings. The van der Waals surface area contributed by atoms with Crippen molar-refractivity contribution >= 4 is 0 Å². The Bertz CT molecular complexity index is 106. The summed E-state index contributed by atoms with van der Waals surface area (Å²) in [7, 11) is 0. The van der Waals surface area contributed by atoms with Crippen LogP contribution in [0.15, 0.2) is 17.9 Å². The molecule has 0 unspecified atom stereocenters. The fraction of sp³-hybridized carbons (Fsp3) is 0.167. The molecule has 0 aromatic heterocycles. The van der Waals surface area contributed by atoms with Crippen LogP contribution in [0.2, 0.25) is 0 Å². The first-order valence-corrected chi connectivity index (χ1v) is 1.73. The first-order valence-electron chi connectivity index (χ1n) is 1.73. The van der Waals surface area contributed by atoms with Crippen molar-refractivity contribution in [1.29, 1.82) is 0 Å². The van der Waals surface area contributed by atoms with E-state index in [1.807, 2.05) is 6.92 Å². The van der Waals surface area contributed by atoms with E-state index in [4.69, 9.17) is 6.42 Å². The van der Waals surface area contributed by atoms with Crippen molar-refractivity contribution in [1.82, 2.24) is 0 Å². The van der Waals surface area contributed by atoms with Crippen molar-refractivity contribution in [3.63, 3.8) is 0 Å². The molecule has 0 bridgehead atoms. The lowest BCUT2D eigenvalue weighted by Gasteiger charge is -1.50. The minimum Gasteiger partial charge on any atom is -0.116 e. The molecule has 30 valence electrons. The third-order valence-corrected chi connectivity index (χ3v) is 0.333. The highest BCUT2D eigenvalue weighted by atomic mass is 13.5. The Labute approximate surface area is 38.2 Å². The van der Waals surface area contributed by atoms with Gasteiger partial charge in [-0.1, -0.05) is 5.92 Å². The molecule has 0 atom stereocenters.